The van der Waals surface area contributed by atoms with E-state index in [4.69, 9.17) is 0 Å². The smallest absolute Gasteiger partial charge is 0.0570 e. The molecule has 0 atom stereocenters. The van der Waals surface area contributed by atoms with Crippen LogP contribution in [0.2, 0.25) is 0 Å². The molecule has 0 amide bonds. The molecule has 0 aliphatic carbocycles. The second-order valence-corrected chi connectivity index (χ2v) is 16.0. The van der Waals surface area contributed by atoms with Crippen molar-refractivity contribution in [3.8, 4) is 39.1 Å². The van der Waals surface area contributed by atoms with Gasteiger partial charge in [-0.25, -0.2) is 0 Å². The van der Waals surface area contributed by atoms with Gasteiger partial charge in [0.2, 0.25) is 0 Å². The molecule has 11 rings (SSSR count). The average Bonchev–Trinajstić information content (AvgIpc) is 3.83. The lowest BCUT2D eigenvalue weighted by Crippen LogP contribution is -2.10. The van der Waals surface area contributed by atoms with E-state index >= 15 is 0 Å². The van der Waals surface area contributed by atoms with E-state index in [9.17, 15) is 0 Å². The van der Waals surface area contributed by atoms with Gasteiger partial charge in [0.25, 0.3) is 0 Å². The van der Waals surface area contributed by atoms with Crippen molar-refractivity contribution in [3.63, 3.8) is 0 Å². The van der Waals surface area contributed by atoms with Gasteiger partial charge in [0.05, 0.1) is 16.7 Å². The topological polar surface area (TPSA) is 8.17 Å². The van der Waals surface area contributed by atoms with Gasteiger partial charge >= 0.3 is 0 Å². The van der Waals surface area contributed by atoms with Crippen molar-refractivity contribution in [1.29, 1.82) is 0 Å². The number of hydrogen-bond donors (Lipinski definition) is 0. The number of anilines is 3. The molecule has 3 heteroatoms. The third-order valence-electron chi connectivity index (χ3n) is 11.5. The minimum Gasteiger partial charge on any atom is -0.310 e. The third-order valence-corrected chi connectivity index (χ3v) is 12.8. The summed E-state index contributed by atoms with van der Waals surface area (Å²) in [5, 5.41) is 5.09. The van der Waals surface area contributed by atoms with Crippen LogP contribution in [-0.2, 0) is 0 Å². The molecule has 0 radical (unpaired) electrons. The molecule has 0 N–H and O–H groups in total. The Hall–Kier alpha value is -7.20. The predicted octanol–water partition coefficient (Wildman–Crippen LogP) is 15.9. The first-order chi connectivity index (χ1) is 28.7. The number of para-hydroxylation sites is 2. The van der Waals surface area contributed by atoms with Crippen LogP contribution in [0.15, 0.2) is 212 Å². The van der Waals surface area contributed by atoms with Gasteiger partial charge in [0.1, 0.15) is 0 Å². The first-order valence-electron chi connectivity index (χ1n) is 19.8. The molecular weight excluding hydrogens is 721 g/mol. The normalized spacial score (nSPS) is 11.5. The van der Waals surface area contributed by atoms with Gasteiger partial charge in [0.15, 0.2) is 0 Å². The van der Waals surface area contributed by atoms with Crippen molar-refractivity contribution in [2.45, 2.75) is 6.92 Å². The van der Waals surface area contributed by atoms with Crippen molar-refractivity contribution in [2.75, 3.05) is 4.90 Å². The van der Waals surface area contributed by atoms with Crippen LogP contribution in [0, 0.1) is 6.92 Å². The van der Waals surface area contributed by atoms with Crippen LogP contribution in [0.25, 0.3) is 81.0 Å². The van der Waals surface area contributed by atoms with E-state index < -0.39 is 0 Å². The van der Waals surface area contributed by atoms with Crippen LogP contribution in [0.4, 0.5) is 17.1 Å². The van der Waals surface area contributed by atoms with Crippen LogP contribution in [0.5, 0.6) is 0 Å². The van der Waals surface area contributed by atoms with Crippen molar-refractivity contribution in [1.82, 2.24) is 4.57 Å². The highest BCUT2D eigenvalue weighted by Gasteiger charge is 2.22. The highest BCUT2D eigenvalue weighted by atomic mass is 32.1. The van der Waals surface area contributed by atoms with Gasteiger partial charge in [-0.3, -0.25) is 0 Å². The zero-order valence-electron chi connectivity index (χ0n) is 32.0. The highest BCUT2D eigenvalue weighted by molar-refractivity contribution is 7.26. The molecule has 0 aliphatic heterocycles. The summed E-state index contributed by atoms with van der Waals surface area (Å²) in [6.07, 6.45) is 0. The van der Waals surface area contributed by atoms with E-state index in [1.54, 1.807) is 0 Å². The zero-order valence-corrected chi connectivity index (χ0v) is 32.8. The molecule has 0 aliphatic rings. The maximum Gasteiger partial charge on any atom is 0.0570 e. The second kappa shape index (κ2) is 14.1. The molecule has 0 saturated carbocycles. The molecule has 58 heavy (non-hydrogen) atoms. The zero-order chi connectivity index (χ0) is 38.6. The largest absolute Gasteiger partial charge is 0.310 e. The maximum absolute atomic E-state index is 2.51. The van der Waals surface area contributed by atoms with E-state index in [1.165, 1.54) is 86.6 Å². The minimum atomic E-state index is 1.10. The first-order valence-corrected chi connectivity index (χ1v) is 20.7. The molecule has 0 bridgehead atoms. The number of nitrogens with zero attached hydrogens (tertiary/aromatic N) is 2. The average molecular weight is 759 g/mol. The summed E-state index contributed by atoms with van der Waals surface area (Å²) in [6.45, 7) is 2.25. The van der Waals surface area contributed by atoms with Crippen molar-refractivity contribution in [3.05, 3.63) is 218 Å². The van der Waals surface area contributed by atoms with E-state index in [0.29, 0.717) is 0 Å². The van der Waals surface area contributed by atoms with Crippen LogP contribution < -0.4 is 4.90 Å². The third kappa shape index (κ3) is 5.71. The summed E-state index contributed by atoms with van der Waals surface area (Å²) >= 11 is 1.89. The molecule has 274 valence electrons. The quantitative estimate of drug-likeness (QED) is 0.157. The van der Waals surface area contributed by atoms with E-state index in [-0.39, 0.29) is 0 Å². The van der Waals surface area contributed by atoms with Gasteiger partial charge in [-0.1, -0.05) is 164 Å². The number of rotatable bonds is 7. The summed E-state index contributed by atoms with van der Waals surface area (Å²) < 4.78 is 5.15. The fraction of sp³-hybridized carbons (Fsp3) is 0.0182. The monoisotopic (exact) mass is 758 g/mol. The van der Waals surface area contributed by atoms with E-state index in [1.807, 2.05) is 11.3 Å². The molecule has 0 saturated heterocycles. The Kier molecular flexibility index (Phi) is 8.27. The molecular formula is C55H38N2S. The summed E-state index contributed by atoms with van der Waals surface area (Å²) in [4.78, 5) is 2.39. The van der Waals surface area contributed by atoms with E-state index in [2.05, 4.69) is 229 Å². The first kappa shape index (κ1) is 34.1. The van der Waals surface area contributed by atoms with Crippen LogP contribution in [0.3, 0.4) is 0 Å². The van der Waals surface area contributed by atoms with E-state index in [0.717, 1.165) is 17.1 Å². The fourth-order valence-electron chi connectivity index (χ4n) is 8.79. The van der Waals surface area contributed by atoms with Gasteiger partial charge in [0, 0.05) is 59.1 Å². The summed E-state index contributed by atoms with van der Waals surface area (Å²) in [6, 6.07) is 77.3. The minimum absolute atomic E-state index is 1.10. The SMILES string of the molecule is Cc1cccc(-c2cccc3c2sc2ccccc23)c1-n1c2ccccc2c2ccc(N(c3ccc(-c4ccccc4)cc3)c3ccc(-c4ccccc4)cc3)cc21. The lowest BCUT2D eigenvalue weighted by Gasteiger charge is -2.26. The Bertz CT molecular complexity index is 3180. The number of aromatic nitrogens is 1. The number of aryl methyl sites for hydroxylation is 1. The second-order valence-electron chi connectivity index (χ2n) is 15.0. The van der Waals surface area contributed by atoms with Crippen LogP contribution in [0.1, 0.15) is 5.56 Å². The van der Waals surface area contributed by atoms with Crippen molar-refractivity contribution in [2.24, 2.45) is 0 Å². The molecule has 11 aromatic rings. The number of fused-ring (bicyclic) bond motifs is 6. The Morgan fingerprint density at radius 3 is 1.59 bits per heavy atom. The highest BCUT2D eigenvalue weighted by Crippen LogP contribution is 2.45. The maximum atomic E-state index is 2.51. The standard InChI is InChI=1S/C55H38N2S/c1-37-14-12-21-48(50-23-13-22-49-47-20-9-11-25-53(47)58-55(49)50)54(37)57-51-24-10-8-19-45(51)46-35-34-44(36-52(46)57)56(42-30-26-40(27-31-42)38-15-4-2-5-16-38)43-32-28-41(29-33-43)39-17-6-3-7-18-39/h2-36H,1H3. The van der Waals surface area contributed by atoms with Crippen LogP contribution in [-0.4, -0.2) is 4.57 Å². The Morgan fingerprint density at radius 1 is 0.379 bits per heavy atom. The lowest BCUT2D eigenvalue weighted by molar-refractivity contribution is 1.15. The number of benzene rings is 9. The Morgan fingerprint density at radius 2 is 0.897 bits per heavy atom. The Balaban J connectivity index is 1.13. The van der Waals surface area contributed by atoms with Gasteiger partial charge < -0.3 is 9.47 Å². The predicted molar refractivity (Wildman–Crippen MR) is 249 cm³/mol. The molecule has 9 aromatic carbocycles. The molecule has 0 fully saturated rings. The molecule has 2 heterocycles. The summed E-state index contributed by atoms with van der Waals surface area (Å²) in [5.74, 6) is 0. The molecule has 0 unspecified atom stereocenters. The fourth-order valence-corrected chi connectivity index (χ4v) is 10.0. The number of hydrogen-bond acceptors (Lipinski definition) is 2. The van der Waals surface area contributed by atoms with Gasteiger partial charge in [-0.2, -0.15) is 0 Å². The number of thiophene rings is 1. The van der Waals surface area contributed by atoms with Crippen LogP contribution >= 0.6 is 11.3 Å². The molecule has 0 spiro atoms. The summed E-state index contributed by atoms with van der Waals surface area (Å²) in [7, 11) is 0. The van der Waals surface area contributed by atoms with Gasteiger partial charge in [-0.05, 0) is 83.3 Å². The van der Waals surface area contributed by atoms with Crippen molar-refractivity contribution < 1.29 is 0 Å². The summed E-state index contributed by atoms with van der Waals surface area (Å²) in [5.41, 5.74) is 15.4. The van der Waals surface area contributed by atoms with Crippen molar-refractivity contribution >= 4 is 70.4 Å². The Labute approximate surface area is 342 Å². The molecule has 2 nitrogen and oxygen atoms in total. The molecule has 2 aromatic heterocycles. The lowest BCUT2D eigenvalue weighted by atomic mass is 9.98. The van der Waals surface area contributed by atoms with Gasteiger partial charge in [-0.15, -0.1) is 11.3 Å².